The van der Waals surface area contributed by atoms with E-state index in [4.69, 9.17) is 43.3 Å². The molecule has 2 N–H and O–H groups in total. The van der Waals surface area contributed by atoms with Gasteiger partial charge in [-0.2, -0.15) is 0 Å². The second-order valence-electron chi connectivity index (χ2n) is 7.79. The maximum absolute atomic E-state index is 9.10. The van der Waals surface area contributed by atoms with Crippen LogP contribution >= 0.6 is 0 Å². The van der Waals surface area contributed by atoms with Crippen molar-refractivity contribution in [2.45, 2.75) is 19.3 Å². The highest BCUT2D eigenvalue weighted by Crippen LogP contribution is 2.34. The fourth-order valence-electron chi connectivity index (χ4n) is 3.48. The van der Waals surface area contributed by atoms with E-state index in [1.165, 1.54) is 5.56 Å². The van der Waals surface area contributed by atoms with Gasteiger partial charge in [0.2, 0.25) is 0 Å². The molecule has 3 aromatic rings. The summed E-state index contributed by atoms with van der Waals surface area (Å²) in [7, 11) is 8.68. The van der Waals surface area contributed by atoms with E-state index in [0.29, 0.717) is 17.1 Å². The van der Waals surface area contributed by atoms with Crippen molar-refractivity contribution in [3.63, 3.8) is 0 Å². The zero-order chi connectivity index (χ0) is 26.7. The molecule has 0 saturated carbocycles. The van der Waals surface area contributed by atoms with Gasteiger partial charge in [-0.1, -0.05) is 11.2 Å². The average Bonchev–Trinajstić information content (AvgIpc) is 3.28. The number of rotatable bonds is 11. The third-order valence-corrected chi connectivity index (χ3v) is 5.42. The third kappa shape index (κ3) is 7.77. The van der Waals surface area contributed by atoms with Crippen molar-refractivity contribution in [3.05, 3.63) is 41.6 Å². The van der Waals surface area contributed by atoms with Crippen LogP contribution < -0.4 is 18.9 Å². The lowest BCUT2D eigenvalue weighted by Crippen LogP contribution is -2.22. The Morgan fingerprint density at radius 1 is 0.833 bits per heavy atom. The van der Waals surface area contributed by atoms with Gasteiger partial charge in [-0.05, 0) is 56.6 Å². The van der Waals surface area contributed by atoms with Gasteiger partial charge in [0, 0.05) is 18.0 Å². The molecule has 0 unspecified atom stereocenters. The number of carboxylic acid groups (broad SMARTS) is 2. The van der Waals surface area contributed by atoms with Gasteiger partial charge in [-0.25, -0.2) is 9.59 Å². The maximum Gasteiger partial charge on any atom is 0.414 e. The lowest BCUT2D eigenvalue weighted by molar-refractivity contribution is -0.159. The minimum atomic E-state index is -1.82. The molecule has 1 heterocycles. The first-order chi connectivity index (χ1) is 17.2. The fraction of sp³-hybridized carbons (Fsp3) is 0.400. The van der Waals surface area contributed by atoms with Crippen LogP contribution in [0.5, 0.6) is 23.0 Å². The van der Waals surface area contributed by atoms with E-state index in [0.717, 1.165) is 54.9 Å². The van der Waals surface area contributed by atoms with E-state index in [-0.39, 0.29) is 0 Å². The zero-order valence-electron chi connectivity index (χ0n) is 21.1. The summed E-state index contributed by atoms with van der Waals surface area (Å²) in [4.78, 5) is 20.5. The van der Waals surface area contributed by atoms with Crippen molar-refractivity contribution >= 4 is 22.9 Å². The van der Waals surface area contributed by atoms with E-state index in [1.807, 2.05) is 24.3 Å². The molecule has 0 aliphatic heterocycles. The van der Waals surface area contributed by atoms with Crippen molar-refractivity contribution in [1.82, 2.24) is 10.1 Å². The van der Waals surface area contributed by atoms with Crippen LogP contribution in [0.4, 0.5) is 0 Å². The number of hydrogen-bond acceptors (Lipinski definition) is 9. The Balaban J connectivity index is 0.000000678. The Morgan fingerprint density at radius 2 is 1.42 bits per heavy atom. The third-order valence-electron chi connectivity index (χ3n) is 5.42. The Labute approximate surface area is 209 Å². The summed E-state index contributed by atoms with van der Waals surface area (Å²) < 4.78 is 26.9. The lowest BCUT2D eigenvalue weighted by Gasteiger charge is -2.17. The molecule has 0 spiro atoms. The summed E-state index contributed by atoms with van der Waals surface area (Å²) >= 11 is 0. The Bertz CT molecular complexity index is 1150. The molecule has 0 aliphatic rings. The number of carbonyl (C=O) groups is 2. The van der Waals surface area contributed by atoms with E-state index in [2.05, 4.69) is 23.2 Å². The number of nitrogens with zero attached hydrogens (tertiary/aromatic N) is 2. The largest absolute Gasteiger partial charge is 0.493 e. The van der Waals surface area contributed by atoms with Gasteiger partial charge < -0.3 is 38.6 Å². The smallest absolute Gasteiger partial charge is 0.414 e. The summed E-state index contributed by atoms with van der Waals surface area (Å²) in [5, 5.41) is 20.0. The van der Waals surface area contributed by atoms with Crippen LogP contribution in [0.2, 0.25) is 0 Å². The van der Waals surface area contributed by atoms with Gasteiger partial charge in [-0.3, -0.25) is 0 Å². The highest BCUT2D eigenvalue weighted by Gasteiger charge is 2.14. The van der Waals surface area contributed by atoms with Gasteiger partial charge in [0.05, 0.1) is 34.1 Å². The Morgan fingerprint density at radius 3 is 2.00 bits per heavy atom. The number of benzene rings is 2. The Kier molecular flexibility index (Phi) is 10.8. The molecule has 11 nitrogen and oxygen atoms in total. The first kappa shape index (κ1) is 28.2. The number of carboxylic acids is 2. The molecule has 0 aliphatic carbocycles. The molecule has 0 fully saturated rings. The summed E-state index contributed by atoms with van der Waals surface area (Å²) in [5.41, 5.74) is 2.88. The van der Waals surface area contributed by atoms with E-state index in [9.17, 15) is 0 Å². The van der Waals surface area contributed by atoms with Crippen LogP contribution in [0.1, 0.15) is 17.7 Å². The van der Waals surface area contributed by atoms with Crippen molar-refractivity contribution < 1.29 is 43.3 Å². The molecule has 2 aromatic carbocycles. The standard InChI is InChI=1S/C23H30N2O5.C2H2O4/c1-25(12-10-16-8-9-19(26-2)21(13-16)27-3)11-6-7-18-17-14-22(28-4)23(29-5)15-20(17)30-24-18;3-1(4)2(5)6/h8-9,13-15H,6-7,10-12H2,1-5H3;(H,3,4)(H,5,6). The number of ether oxygens (including phenoxy) is 4. The fourth-order valence-corrected chi connectivity index (χ4v) is 3.48. The molecule has 0 saturated heterocycles. The summed E-state index contributed by atoms with van der Waals surface area (Å²) in [6, 6.07) is 9.82. The normalized spacial score (nSPS) is 10.5. The summed E-state index contributed by atoms with van der Waals surface area (Å²) in [6.45, 7) is 1.93. The highest BCUT2D eigenvalue weighted by molar-refractivity contribution is 6.27. The molecule has 0 atom stereocenters. The molecule has 1 aromatic heterocycles. The molecule has 36 heavy (non-hydrogen) atoms. The number of aliphatic carboxylic acids is 2. The number of methoxy groups -OCH3 is 4. The number of aromatic nitrogens is 1. The monoisotopic (exact) mass is 504 g/mol. The van der Waals surface area contributed by atoms with Crippen LogP contribution in [0.25, 0.3) is 11.0 Å². The molecular weight excluding hydrogens is 472 g/mol. The van der Waals surface area contributed by atoms with Crippen molar-refractivity contribution in [2.24, 2.45) is 0 Å². The van der Waals surface area contributed by atoms with Gasteiger partial charge in [0.25, 0.3) is 0 Å². The minimum absolute atomic E-state index is 0.641. The first-order valence-electron chi connectivity index (χ1n) is 11.1. The SMILES string of the molecule is COc1ccc(CCN(C)CCCc2noc3cc(OC)c(OC)cc23)cc1OC.O=C(O)C(=O)O. The summed E-state index contributed by atoms with van der Waals surface area (Å²) in [5.74, 6) is -0.805. The van der Waals surface area contributed by atoms with Gasteiger partial charge in [-0.15, -0.1) is 0 Å². The van der Waals surface area contributed by atoms with E-state index < -0.39 is 11.9 Å². The van der Waals surface area contributed by atoms with Crippen molar-refractivity contribution in [3.8, 4) is 23.0 Å². The topological polar surface area (TPSA) is 141 Å². The molecule has 0 amide bonds. The van der Waals surface area contributed by atoms with Crippen LogP contribution in [0, 0.1) is 0 Å². The second kappa shape index (κ2) is 13.8. The molecule has 0 bridgehead atoms. The first-order valence-corrected chi connectivity index (χ1v) is 11.1. The summed E-state index contributed by atoms with van der Waals surface area (Å²) in [6.07, 6.45) is 2.77. The van der Waals surface area contributed by atoms with E-state index in [1.54, 1.807) is 28.4 Å². The quantitative estimate of drug-likeness (QED) is 0.372. The van der Waals surface area contributed by atoms with Gasteiger partial charge in [0.1, 0.15) is 0 Å². The maximum atomic E-state index is 9.10. The number of fused-ring (bicyclic) bond motifs is 1. The van der Waals surface area contributed by atoms with Gasteiger partial charge >= 0.3 is 11.9 Å². The zero-order valence-corrected chi connectivity index (χ0v) is 21.1. The van der Waals surface area contributed by atoms with Crippen LogP contribution in [0.15, 0.2) is 34.9 Å². The Hall–Kier alpha value is -3.99. The molecule has 196 valence electrons. The van der Waals surface area contributed by atoms with Crippen molar-refractivity contribution in [2.75, 3.05) is 48.6 Å². The molecular formula is C25H32N2O9. The van der Waals surface area contributed by atoms with Crippen LogP contribution in [0.3, 0.4) is 0 Å². The highest BCUT2D eigenvalue weighted by atomic mass is 16.5. The predicted octanol–water partition coefficient (Wildman–Crippen LogP) is 3.12. The second-order valence-corrected chi connectivity index (χ2v) is 7.79. The van der Waals surface area contributed by atoms with Crippen LogP contribution in [-0.2, 0) is 22.4 Å². The number of aryl methyl sites for hydroxylation is 1. The number of likely N-dealkylation sites (N-methyl/N-ethyl adjacent to an activating group) is 1. The van der Waals surface area contributed by atoms with E-state index >= 15 is 0 Å². The molecule has 0 radical (unpaired) electrons. The van der Waals surface area contributed by atoms with Crippen molar-refractivity contribution in [1.29, 1.82) is 0 Å². The minimum Gasteiger partial charge on any atom is -0.493 e. The lowest BCUT2D eigenvalue weighted by atomic mass is 10.1. The van der Waals surface area contributed by atoms with Crippen LogP contribution in [-0.4, -0.2) is 80.8 Å². The average molecular weight is 505 g/mol. The molecule has 3 rings (SSSR count). The predicted molar refractivity (Wildman–Crippen MR) is 131 cm³/mol. The van der Waals surface area contributed by atoms with Gasteiger partial charge in [0.15, 0.2) is 28.6 Å². The molecule has 11 heteroatoms. The number of hydrogen-bond donors (Lipinski definition) is 2.